The van der Waals surface area contributed by atoms with Crippen LogP contribution in [-0.2, 0) is 0 Å². The minimum absolute atomic E-state index is 0.0176. The largest absolute Gasteiger partial charge is 0.454 e. The molecule has 36 heavy (non-hydrogen) atoms. The van der Waals surface area contributed by atoms with Crippen LogP contribution in [0, 0.1) is 27.2 Å². The molecule has 0 atom stereocenters. The summed E-state index contributed by atoms with van der Waals surface area (Å²) in [6.07, 6.45) is 1.36. The first kappa shape index (κ1) is 22.9. The van der Waals surface area contributed by atoms with Crippen molar-refractivity contribution in [2.45, 2.75) is 6.92 Å². The van der Waals surface area contributed by atoms with Crippen LogP contribution >= 0.6 is 11.3 Å². The quantitative estimate of drug-likeness (QED) is 0.202. The van der Waals surface area contributed by atoms with E-state index < -0.39 is 9.85 Å². The molecule has 0 saturated heterocycles. The van der Waals surface area contributed by atoms with Crippen LogP contribution in [0.4, 0.5) is 17.1 Å². The van der Waals surface area contributed by atoms with Gasteiger partial charge in [-0.15, -0.1) is 11.3 Å². The smallest absolute Gasteiger partial charge is 0.282 e. The van der Waals surface area contributed by atoms with E-state index in [1.54, 1.807) is 16.8 Å². The zero-order valence-corrected chi connectivity index (χ0v) is 19.5. The fourth-order valence-electron chi connectivity index (χ4n) is 3.50. The van der Waals surface area contributed by atoms with Crippen LogP contribution in [0.1, 0.15) is 11.1 Å². The van der Waals surface area contributed by atoms with Crippen molar-refractivity contribution < 1.29 is 19.3 Å². The normalized spacial score (nSPS) is 12.9. The molecule has 1 aliphatic heterocycles. The van der Waals surface area contributed by atoms with E-state index in [9.17, 15) is 20.2 Å². The van der Waals surface area contributed by atoms with E-state index in [0.717, 1.165) is 5.56 Å². The number of benzene rings is 3. The molecular weight excluding hydrogens is 486 g/mol. The third-order valence-electron chi connectivity index (χ3n) is 5.35. The second-order valence-electron chi connectivity index (χ2n) is 7.73. The van der Waals surface area contributed by atoms with Crippen LogP contribution in [0.3, 0.4) is 0 Å². The molecule has 0 amide bonds. The van der Waals surface area contributed by atoms with Crippen LogP contribution in [0.5, 0.6) is 11.5 Å². The Morgan fingerprint density at radius 1 is 0.972 bits per heavy atom. The SMILES string of the molecule is Cc1ccc(N=c2scc(-c3ccc([N+](=O)[O-])cc3)n2N=Cc2cc3c(cc2[N+](=O)[O-])OCO3)cc1. The van der Waals surface area contributed by atoms with Gasteiger partial charge in [0.05, 0.1) is 39.1 Å². The summed E-state index contributed by atoms with van der Waals surface area (Å²) in [7, 11) is 0. The number of ether oxygens (including phenoxy) is 2. The van der Waals surface area contributed by atoms with E-state index in [4.69, 9.17) is 9.47 Å². The molecule has 0 N–H and O–H groups in total. The van der Waals surface area contributed by atoms with Gasteiger partial charge in [-0.2, -0.15) is 5.10 Å². The van der Waals surface area contributed by atoms with Crippen molar-refractivity contribution in [1.29, 1.82) is 0 Å². The van der Waals surface area contributed by atoms with Gasteiger partial charge >= 0.3 is 0 Å². The molecule has 0 fully saturated rings. The van der Waals surface area contributed by atoms with Gasteiger partial charge in [-0.1, -0.05) is 17.7 Å². The van der Waals surface area contributed by atoms with Crippen LogP contribution in [0.2, 0.25) is 0 Å². The molecule has 0 spiro atoms. The standard InChI is InChI=1S/C24H17N5O6S/c1-15-2-6-18(7-3-15)26-24-27(21(13-36-24)16-4-8-19(9-5-16)28(30)31)25-12-17-10-22-23(35-14-34-22)11-20(17)29(32)33/h2-13H,14H2,1H3. The Bertz CT molecular complexity index is 1570. The summed E-state index contributed by atoms with van der Waals surface area (Å²) in [6, 6.07) is 16.5. The number of aryl methyl sites for hydroxylation is 1. The Morgan fingerprint density at radius 2 is 1.67 bits per heavy atom. The average molecular weight is 503 g/mol. The molecule has 0 bridgehead atoms. The van der Waals surface area contributed by atoms with Gasteiger partial charge in [0, 0.05) is 23.1 Å². The zero-order valence-electron chi connectivity index (χ0n) is 18.7. The lowest BCUT2D eigenvalue weighted by Crippen LogP contribution is -2.11. The lowest BCUT2D eigenvalue weighted by atomic mass is 10.1. The minimum atomic E-state index is -0.517. The molecule has 0 unspecified atom stereocenters. The number of nitro groups is 2. The van der Waals surface area contributed by atoms with Crippen molar-refractivity contribution >= 4 is 34.6 Å². The molecule has 0 saturated carbocycles. The lowest BCUT2D eigenvalue weighted by Gasteiger charge is -2.05. The van der Waals surface area contributed by atoms with Gasteiger partial charge in [-0.3, -0.25) is 20.2 Å². The summed E-state index contributed by atoms with van der Waals surface area (Å²) in [4.78, 5) is 26.9. The number of hydrogen-bond acceptors (Lipinski definition) is 9. The van der Waals surface area contributed by atoms with Crippen LogP contribution in [-0.4, -0.2) is 27.5 Å². The van der Waals surface area contributed by atoms with Crippen LogP contribution < -0.4 is 14.3 Å². The number of aromatic nitrogens is 1. The molecular formula is C24H17N5O6S. The van der Waals surface area contributed by atoms with Crippen LogP contribution in [0.15, 0.2) is 76.1 Å². The molecule has 0 radical (unpaired) electrons. The highest BCUT2D eigenvalue weighted by atomic mass is 32.1. The number of nitrogens with zero attached hydrogens (tertiary/aromatic N) is 5. The first-order valence-electron chi connectivity index (χ1n) is 10.6. The van der Waals surface area contributed by atoms with Gasteiger partial charge in [0.25, 0.3) is 11.4 Å². The van der Waals surface area contributed by atoms with Gasteiger partial charge in [-0.25, -0.2) is 9.67 Å². The summed E-state index contributed by atoms with van der Waals surface area (Å²) in [5.74, 6) is 0.682. The van der Waals surface area contributed by atoms with Crippen molar-refractivity contribution in [3.8, 4) is 22.8 Å². The highest BCUT2D eigenvalue weighted by Gasteiger charge is 2.22. The number of fused-ring (bicyclic) bond motifs is 1. The van der Waals surface area contributed by atoms with E-state index in [1.807, 2.05) is 36.6 Å². The van der Waals surface area contributed by atoms with Gasteiger partial charge in [-0.05, 0) is 37.3 Å². The fraction of sp³-hybridized carbons (Fsp3) is 0.0833. The Morgan fingerprint density at radius 3 is 2.33 bits per heavy atom. The Hall–Kier alpha value is -4.84. The van der Waals surface area contributed by atoms with E-state index in [2.05, 4.69) is 10.1 Å². The van der Waals surface area contributed by atoms with Gasteiger partial charge < -0.3 is 9.47 Å². The van der Waals surface area contributed by atoms with E-state index in [0.29, 0.717) is 33.2 Å². The lowest BCUT2D eigenvalue weighted by molar-refractivity contribution is -0.385. The van der Waals surface area contributed by atoms with Crippen LogP contribution in [0.25, 0.3) is 11.3 Å². The van der Waals surface area contributed by atoms with Gasteiger partial charge in [0.1, 0.15) is 0 Å². The van der Waals surface area contributed by atoms with E-state index in [-0.39, 0.29) is 23.7 Å². The maximum atomic E-state index is 11.7. The summed E-state index contributed by atoms with van der Waals surface area (Å²) in [5, 5.41) is 29.1. The molecule has 12 heteroatoms. The molecule has 0 aliphatic carbocycles. The summed E-state index contributed by atoms with van der Waals surface area (Å²) >= 11 is 1.32. The molecule has 1 aromatic heterocycles. The molecule has 4 aromatic rings. The fourth-order valence-corrected chi connectivity index (χ4v) is 4.36. The maximum absolute atomic E-state index is 11.7. The average Bonchev–Trinajstić information content (AvgIpc) is 3.49. The predicted octanol–water partition coefficient (Wildman–Crippen LogP) is 5.18. The van der Waals surface area contributed by atoms with Crippen molar-refractivity contribution in [3.63, 3.8) is 0 Å². The molecule has 2 heterocycles. The second kappa shape index (κ2) is 9.43. The van der Waals surface area contributed by atoms with E-state index >= 15 is 0 Å². The number of nitro benzene ring substituents is 2. The van der Waals surface area contributed by atoms with Gasteiger partial charge in [0.15, 0.2) is 11.5 Å². The van der Waals surface area contributed by atoms with Crippen molar-refractivity contribution in [2.24, 2.45) is 10.1 Å². The van der Waals surface area contributed by atoms with Crippen molar-refractivity contribution in [1.82, 2.24) is 4.68 Å². The minimum Gasteiger partial charge on any atom is -0.454 e. The molecule has 180 valence electrons. The first-order valence-corrected chi connectivity index (χ1v) is 11.5. The second-order valence-corrected chi connectivity index (χ2v) is 8.57. The third kappa shape index (κ3) is 4.57. The van der Waals surface area contributed by atoms with Crippen molar-refractivity contribution in [2.75, 3.05) is 6.79 Å². The van der Waals surface area contributed by atoms with E-state index in [1.165, 1.54) is 41.8 Å². The number of thiazole rings is 1. The molecule has 3 aromatic carbocycles. The number of non-ortho nitro benzene ring substituents is 1. The Balaban J connectivity index is 1.64. The Kier molecular flexibility index (Phi) is 6.00. The molecule has 1 aliphatic rings. The third-order valence-corrected chi connectivity index (χ3v) is 6.16. The topological polar surface area (TPSA) is 134 Å². The summed E-state index contributed by atoms with van der Waals surface area (Å²) in [5.41, 5.74) is 3.07. The first-order chi connectivity index (χ1) is 17.4. The summed E-state index contributed by atoms with van der Waals surface area (Å²) < 4.78 is 12.2. The maximum Gasteiger partial charge on any atom is 0.282 e. The number of hydrogen-bond donors (Lipinski definition) is 0. The van der Waals surface area contributed by atoms with Gasteiger partial charge in [0.2, 0.25) is 11.6 Å². The monoisotopic (exact) mass is 503 g/mol. The highest BCUT2D eigenvalue weighted by molar-refractivity contribution is 7.07. The molecule has 5 rings (SSSR count). The molecule has 11 nitrogen and oxygen atoms in total. The Labute approximate surface area is 207 Å². The van der Waals surface area contributed by atoms with Crippen molar-refractivity contribution in [3.05, 3.63) is 102 Å². The summed E-state index contributed by atoms with van der Waals surface area (Å²) in [6.45, 7) is 1.96. The predicted molar refractivity (Wildman–Crippen MR) is 133 cm³/mol. The highest BCUT2D eigenvalue weighted by Crippen LogP contribution is 2.37. The number of rotatable bonds is 6. The zero-order chi connectivity index (χ0) is 25.2.